The monoisotopic (exact) mass is 244 g/mol. The Morgan fingerprint density at radius 3 is 2.41 bits per heavy atom. The highest BCUT2D eigenvalue weighted by Crippen LogP contribution is 2.02. The SMILES string of the molecule is CCCCC=NOC(=O)CCCCC(=O)ON. The number of rotatable bonds is 9. The van der Waals surface area contributed by atoms with Crippen LogP contribution in [0.15, 0.2) is 5.16 Å². The van der Waals surface area contributed by atoms with E-state index in [1.807, 2.05) is 0 Å². The van der Waals surface area contributed by atoms with E-state index in [-0.39, 0.29) is 18.8 Å². The van der Waals surface area contributed by atoms with Crippen LogP contribution < -0.4 is 5.90 Å². The van der Waals surface area contributed by atoms with Crippen molar-refractivity contribution in [1.29, 1.82) is 0 Å². The minimum absolute atomic E-state index is 0.212. The molecule has 0 spiro atoms. The summed E-state index contributed by atoms with van der Waals surface area (Å²) in [6.45, 7) is 2.08. The molecule has 6 heteroatoms. The molecule has 0 amide bonds. The molecular formula is C11H20N2O4. The zero-order valence-corrected chi connectivity index (χ0v) is 10.2. The van der Waals surface area contributed by atoms with E-state index in [0.717, 1.165) is 19.3 Å². The lowest BCUT2D eigenvalue weighted by atomic mass is 10.2. The molecule has 0 radical (unpaired) electrons. The zero-order chi connectivity index (χ0) is 12.9. The van der Waals surface area contributed by atoms with Gasteiger partial charge in [0.1, 0.15) is 0 Å². The van der Waals surface area contributed by atoms with Crippen molar-refractivity contribution in [3.05, 3.63) is 0 Å². The lowest BCUT2D eigenvalue weighted by Crippen LogP contribution is -2.09. The number of oxime groups is 1. The van der Waals surface area contributed by atoms with Crippen LogP contribution in [-0.2, 0) is 19.3 Å². The molecule has 0 aromatic rings. The fraction of sp³-hybridized carbons (Fsp3) is 0.727. The second-order valence-corrected chi connectivity index (χ2v) is 3.59. The molecule has 0 saturated carbocycles. The first-order valence-corrected chi connectivity index (χ1v) is 5.82. The van der Waals surface area contributed by atoms with E-state index in [1.54, 1.807) is 6.21 Å². The maximum atomic E-state index is 11.1. The van der Waals surface area contributed by atoms with Gasteiger partial charge in [0, 0.05) is 19.1 Å². The van der Waals surface area contributed by atoms with Gasteiger partial charge in [-0.3, -0.25) is 4.79 Å². The van der Waals surface area contributed by atoms with Crippen molar-refractivity contribution in [2.45, 2.75) is 51.9 Å². The summed E-state index contributed by atoms with van der Waals surface area (Å²) >= 11 is 0. The smallest absolute Gasteiger partial charge is 0.334 e. The summed E-state index contributed by atoms with van der Waals surface area (Å²) < 4.78 is 0. The van der Waals surface area contributed by atoms with Gasteiger partial charge in [-0.25, -0.2) is 4.79 Å². The van der Waals surface area contributed by atoms with Gasteiger partial charge in [0.25, 0.3) is 0 Å². The Kier molecular flexibility index (Phi) is 10.1. The van der Waals surface area contributed by atoms with Gasteiger partial charge in [-0.15, -0.1) is 0 Å². The average molecular weight is 244 g/mol. The molecule has 2 N–H and O–H groups in total. The molecule has 0 rings (SSSR count). The summed E-state index contributed by atoms with van der Waals surface area (Å²) in [5.41, 5.74) is 0. The number of nitrogens with zero attached hydrogens (tertiary/aromatic N) is 1. The maximum Gasteiger partial charge on any atom is 0.334 e. The summed E-state index contributed by atoms with van der Waals surface area (Å²) in [6.07, 6.45) is 6.06. The van der Waals surface area contributed by atoms with Crippen molar-refractivity contribution in [3.8, 4) is 0 Å². The number of hydrogen-bond donors (Lipinski definition) is 1. The Hall–Kier alpha value is -1.43. The van der Waals surface area contributed by atoms with Crippen LogP contribution in [0.2, 0.25) is 0 Å². The van der Waals surface area contributed by atoms with Crippen molar-refractivity contribution < 1.29 is 19.3 Å². The molecule has 0 unspecified atom stereocenters. The third-order valence-electron chi connectivity index (χ3n) is 2.06. The highest BCUT2D eigenvalue weighted by Gasteiger charge is 2.04. The number of nitrogens with two attached hydrogens (primary N) is 1. The van der Waals surface area contributed by atoms with Crippen LogP contribution in [0, 0.1) is 0 Å². The number of carbonyl (C=O) groups excluding carboxylic acids is 2. The van der Waals surface area contributed by atoms with Crippen LogP contribution in [0.5, 0.6) is 0 Å². The summed E-state index contributed by atoms with van der Waals surface area (Å²) in [5, 5.41) is 3.55. The van der Waals surface area contributed by atoms with Gasteiger partial charge in [0.2, 0.25) is 0 Å². The largest absolute Gasteiger partial charge is 0.373 e. The van der Waals surface area contributed by atoms with Crippen molar-refractivity contribution in [3.63, 3.8) is 0 Å². The molecule has 0 aliphatic rings. The Morgan fingerprint density at radius 2 is 1.82 bits per heavy atom. The normalized spacial score (nSPS) is 10.5. The fourth-order valence-corrected chi connectivity index (χ4v) is 1.09. The van der Waals surface area contributed by atoms with E-state index in [2.05, 4.69) is 27.7 Å². The summed E-state index contributed by atoms with van der Waals surface area (Å²) in [5.74, 6) is 3.79. The first kappa shape index (κ1) is 15.6. The first-order chi connectivity index (χ1) is 8.20. The molecule has 98 valence electrons. The molecule has 0 heterocycles. The zero-order valence-electron chi connectivity index (χ0n) is 10.2. The minimum atomic E-state index is -0.476. The van der Waals surface area contributed by atoms with E-state index >= 15 is 0 Å². The van der Waals surface area contributed by atoms with Crippen LogP contribution >= 0.6 is 0 Å². The Morgan fingerprint density at radius 1 is 1.18 bits per heavy atom. The quantitative estimate of drug-likeness (QED) is 0.288. The number of hydrogen-bond acceptors (Lipinski definition) is 6. The molecule has 0 fully saturated rings. The van der Waals surface area contributed by atoms with Gasteiger partial charge in [0.15, 0.2) is 0 Å². The molecule has 0 bridgehead atoms. The van der Waals surface area contributed by atoms with Gasteiger partial charge < -0.3 is 9.68 Å². The Labute approximate surface area is 101 Å². The van der Waals surface area contributed by atoms with Gasteiger partial charge in [-0.05, 0) is 25.7 Å². The standard InChI is InChI=1S/C11H20N2O4/c1-2-3-6-9-13-17-11(15)8-5-4-7-10(14)16-12/h9H,2-8,12H2,1H3. The van der Waals surface area contributed by atoms with Crippen LogP contribution in [0.3, 0.4) is 0 Å². The average Bonchev–Trinajstić information content (AvgIpc) is 2.34. The summed E-state index contributed by atoms with van der Waals surface area (Å²) in [7, 11) is 0. The molecule has 0 atom stereocenters. The lowest BCUT2D eigenvalue weighted by Gasteiger charge is -1.98. The van der Waals surface area contributed by atoms with E-state index in [9.17, 15) is 9.59 Å². The fourth-order valence-electron chi connectivity index (χ4n) is 1.09. The third kappa shape index (κ3) is 10.8. The molecule has 17 heavy (non-hydrogen) atoms. The van der Waals surface area contributed by atoms with Crippen LogP contribution in [0.25, 0.3) is 0 Å². The van der Waals surface area contributed by atoms with Crippen molar-refractivity contribution in [2.75, 3.05) is 0 Å². The topological polar surface area (TPSA) is 91.0 Å². The maximum absolute atomic E-state index is 11.1. The molecule has 0 aliphatic carbocycles. The molecule has 0 aromatic heterocycles. The van der Waals surface area contributed by atoms with Crippen LogP contribution in [0.1, 0.15) is 51.9 Å². The minimum Gasteiger partial charge on any atom is -0.373 e. The summed E-state index contributed by atoms with van der Waals surface area (Å²) in [4.78, 5) is 30.3. The number of carbonyl (C=O) groups is 2. The molecule has 0 aromatic carbocycles. The van der Waals surface area contributed by atoms with Crippen molar-refractivity contribution >= 4 is 18.2 Å². The van der Waals surface area contributed by atoms with E-state index < -0.39 is 5.97 Å². The number of unbranched alkanes of at least 4 members (excludes halogenated alkanes) is 3. The predicted molar refractivity (Wildman–Crippen MR) is 62.9 cm³/mol. The summed E-state index contributed by atoms with van der Waals surface area (Å²) in [6, 6.07) is 0. The molecular weight excluding hydrogens is 224 g/mol. The van der Waals surface area contributed by atoms with E-state index in [1.165, 1.54) is 0 Å². The third-order valence-corrected chi connectivity index (χ3v) is 2.06. The van der Waals surface area contributed by atoms with Crippen molar-refractivity contribution in [2.24, 2.45) is 11.1 Å². The molecule has 0 saturated heterocycles. The highest BCUT2D eigenvalue weighted by atomic mass is 16.7. The van der Waals surface area contributed by atoms with Crippen LogP contribution in [-0.4, -0.2) is 18.2 Å². The van der Waals surface area contributed by atoms with Gasteiger partial charge in [-0.2, -0.15) is 5.90 Å². The van der Waals surface area contributed by atoms with Crippen LogP contribution in [0.4, 0.5) is 0 Å². The van der Waals surface area contributed by atoms with E-state index in [4.69, 9.17) is 0 Å². The second kappa shape index (κ2) is 11.1. The second-order valence-electron chi connectivity index (χ2n) is 3.59. The van der Waals surface area contributed by atoms with Gasteiger partial charge >= 0.3 is 11.9 Å². The molecule has 0 aliphatic heterocycles. The predicted octanol–water partition coefficient (Wildman–Crippen LogP) is 1.68. The van der Waals surface area contributed by atoms with Gasteiger partial charge in [0.05, 0.1) is 0 Å². The Balaban J connectivity index is 3.40. The van der Waals surface area contributed by atoms with E-state index in [0.29, 0.717) is 12.8 Å². The lowest BCUT2D eigenvalue weighted by molar-refractivity contribution is -0.146. The Bertz CT molecular complexity index is 254. The molecule has 6 nitrogen and oxygen atoms in total. The van der Waals surface area contributed by atoms with Gasteiger partial charge in [-0.1, -0.05) is 18.5 Å². The first-order valence-electron chi connectivity index (χ1n) is 5.82. The van der Waals surface area contributed by atoms with Crippen molar-refractivity contribution in [1.82, 2.24) is 0 Å². The highest BCUT2D eigenvalue weighted by molar-refractivity contribution is 5.71.